The van der Waals surface area contributed by atoms with Gasteiger partial charge in [0.1, 0.15) is 0 Å². The quantitative estimate of drug-likeness (QED) is 0.691. The Balaban J connectivity index is 1.81. The molecule has 2 fully saturated rings. The molecule has 1 N–H and O–H groups in total. The standard InChI is InChI=1S/C12H22O2/c13-12(9-5-2-6-10-12)14-11-7-3-1-4-8-11/h11,13H,1-10H2. The fourth-order valence-corrected chi connectivity index (χ4v) is 2.72. The molecule has 0 saturated heterocycles. The van der Waals surface area contributed by atoms with E-state index in [9.17, 15) is 5.11 Å². The molecule has 82 valence electrons. The summed E-state index contributed by atoms with van der Waals surface area (Å²) in [6.07, 6.45) is 11.8. The average Bonchev–Trinajstić information content (AvgIpc) is 2.19. The summed E-state index contributed by atoms with van der Waals surface area (Å²) in [5, 5.41) is 10.2. The number of aliphatic hydroxyl groups is 1. The summed E-state index contributed by atoms with van der Waals surface area (Å²) in [6.45, 7) is 0. The van der Waals surface area contributed by atoms with Crippen LogP contribution in [0.25, 0.3) is 0 Å². The summed E-state index contributed by atoms with van der Waals surface area (Å²) < 4.78 is 5.88. The molecule has 0 spiro atoms. The number of hydrogen-bond acceptors (Lipinski definition) is 2. The van der Waals surface area contributed by atoms with Crippen LogP contribution in [-0.2, 0) is 4.74 Å². The van der Waals surface area contributed by atoms with Crippen LogP contribution in [0.3, 0.4) is 0 Å². The number of hydrogen-bond donors (Lipinski definition) is 1. The van der Waals surface area contributed by atoms with Crippen LogP contribution in [0.4, 0.5) is 0 Å². The van der Waals surface area contributed by atoms with Gasteiger partial charge in [-0.2, -0.15) is 0 Å². The van der Waals surface area contributed by atoms with E-state index in [4.69, 9.17) is 4.74 Å². The second-order valence-corrected chi connectivity index (χ2v) is 4.88. The lowest BCUT2D eigenvalue weighted by Gasteiger charge is -2.36. The van der Waals surface area contributed by atoms with E-state index in [2.05, 4.69) is 0 Å². The Hall–Kier alpha value is -0.0800. The molecule has 0 aliphatic heterocycles. The number of ether oxygens (including phenoxy) is 1. The van der Waals surface area contributed by atoms with E-state index in [-0.39, 0.29) is 0 Å². The van der Waals surface area contributed by atoms with Gasteiger partial charge in [-0.05, 0) is 25.7 Å². The third-order valence-corrected chi connectivity index (χ3v) is 3.57. The van der Waals surface area contributed by atoms with Crippen molar-refractivity contribution >= 4 is 0 Å². The van der Waals surface area contributed by atoms with Crippen molar-refractivity contribution in [1.29, 1.82) is 0 Å². The lowest BCUT2D eigenvalue weighted by Crippen LogP contribution is -2.39. The Labute approximate surface area is 86.6 Å². The van der Waals surface area contributed by atoms with E-state index in [1.807, 2.05) is 0 Å². The minimum absolute atomic E-state index is 0.340. The molecule has 2 aliphatic rings. The van der Waals surface area contributed by atoms with Crippen LogP contribution < -0.4 is 0 Å². The van der Waals surface area contributed by atoms with Crippen LogP contribution >= 0.6 is 0 Å². The maximum absolute atomic E-state index is 10.2. The van der Waals surface area contributed by atoms with Gasteiger partial charge in [0.15, 0.2) is 5.79 Å². The topological polar surface area (TPSA) is 29.5 Å². The van der Waals surface area contributed by atoms with Crippen LogP contribution in [0, 0.1) is 0 Å². The fraction of sp³-hybridized carbons (Fsp3) is 1.00. The Morgan fingerprint density at radius 2 is 1.43 bits per heavy atom. The van der Waals surface area contributed by atoms with Crippen LogP contribution in [-0.4, -0.2) is 17.0 Å². The Bertz CT molecular complexity index is 167. The first-order valence-electron chi connectivity index (χ1n) is 6.19. The Kier molecular flexibility index (Phi) is 3.45. The monoisotopic (exact) mass is 198 g/mol. The zero-order valence-electron chi connectivity index (χ0n) is 9.00. The molecule has 0 aromatic heterocycles. The van der Waals surface area contributed by atoms with Gasteiger partial charge < -0.3 is 9.84 Å². The maximum atomic E-state index is 10.2. The molecule has 0 aromatic carbocycles. The molecule has 2 rings (SSSR count). The molecule has 0 atom stereocenters. The first-order valence-corrected chi connectivity index (χ1v) is 6.19. The molecule has 2 aliphatic carbocycles. The van der Waals surface area contributed by atoms with Gasteiger partial charge in [-0.1, -0.05) is 25.7 Å². The van der Waals surface area contributed by atoms with E-state index < -0.39 is 5.79 Å². The Morgan fingerprint density at radius 1 is 0.857 bits per heavy atom. The van der Waals surface area contributed by atoms with Crippen LogP contribution in [0.5, 0.6) is 0 Å². The minimum atomic E-state index is -0.764. The highest BCUT2D eigenvalue weighted by Crippen LogP contribution is 2.33. The molecule has 2 heteroatoms. The minimum Gasteiger partial charge on any atom is -0.365 e. The van der Waals surface area contributed by atoms with Gasteiger partial charge >= 0.3 is 0 Å². The summed E-state index contributed by atoms with van der Waals surface area (Å²) in [6, 6.07) is 0. The van der Waals surface area contributed by atoms with E-state index in [1.165, 1.54) is 25.7 Å². The molecule has 0 bridgehead atoms. The van der Waals surface area contributed by atoms with Gasteiger partial charge in [0.2, 0.25) is 0 Å². The SMILES string of the molecule is OC1(OC2CCCCC2)CCCCC1. The fourth-order valence-electron chi connectivity index (χ4n) is 2.72. The van der Waals surface area contributed by atoms with Crippen molar-refractivity contribution in [3.8, 4) is 0 Å². The zero-order valence-corrected chi connectivity index (χ0v) is 9.00. The average molecular weight is 198 g/mol. The first kappa shape index (κ1) is 10.4. The Morgan fingerprint density at radius 3 is 2.07 bits per heavy atom. The molecule has 2 saturated carbocycles. The first-order chi connectivity index (χ1) is 6.79. The predicted octanol–water partition coefficient (Wildman–Crippen LogP) is 2.99. The molecule has 0 unspecified atom stereocenters. The highest BCUT2D eigenvalue weighted by atomic mass is 16.6. The predicted molar refractivity (Wildman–Crippen MR) is 56.0 cm³/mol. The highest BCUT2D eigenvalue weighted by molar-refractivity contribution is 4.76. The van der Waals surface area contributed by atoms with E-state index in [0.29, 0.717) is 6.10 Å². The summed E-state index contributed by atoms with van der Waals surface area (Å²) in [5.74, 6) is -0.764. The molecular weight excluding hydrogens is 176 g/mol. The third kappa shape index (κ3) is 2.71. The molecule has 0 aromatic rings. The highest BCUT2D eigenvalue weighted by Gasteiger charge is 2.33. The van der Waals surface area contributed by atoms with E-state index >= 15 is 0 Å². The third-order valence-electron chi connectivity index (χ3n) is 3.57. The molecule has 2 nitrogen and oxygen atoms in total. The van der Waals surface area contributed by atoms with Crippen LogP contribution in [0.2, 0.25) is 0 Å². The maximum Gasteiger partial charge on any atom is 0.165 e. The van der Waals surface area contributed by atoms with Crippen molar-refractivity contribution in [2.24, 2.45) is 0 Å². The second kappa shape index (κ2) is 4.63. The normalized spacial score (nSPS) is 28.9. The second-order valence-electron chi connectivity index (χ2n) is 4.88. The smallest absolute Gasteiger partial charge is 0.165 e. The van der Waals surface area contributed by atoms with Crippen LogP contribution in [0.15, 0.2) is 0 Å². The number of rotatable bonds is 2. The summed E-state index contributed by atoms with van der Waals surface area (Å²) in [5.41, 5.74) is 0. The van der Waals surface area contributed by atoms with Gasteiger partial charge in [0, 0.05) is 12.8 Å². The summed E-state index contributed by atoms with van der Waals surface area (Å²) >= 11 is 0. The van der Waals surface area contributed by atoms with Gasteiger partial charge in [-0.3, -0.25) is 0 Å². The summed E-state index contributed by atoms with van der Waals surface area (Å²) in [7, 11) is 0. The van der Waals surface area contributed by atoms with Crippen molar-refractivity contribution in [2.75, 3.05) is 0 Å². The van der Waals surface area contributed by atoms with Gasteiger partial charge in [0.05, 0.1) is 6.10 Å². The molecule has 0 heterocycles. The summed E-state index contributed by atoms with van der Waals surface area (Å²) in [4.78, 5) is 0. The van der Waals surface area contributed by atoms with Crippen molar-refractivity contribution in [3.63, 3.8) is 0 Å². The van der Waals surface area contributed by atoms with Gasteiger partial charge in [-0.15, -0.1) is 0 Å². The zero-order chi connectivity index (χ0) is 9.86. The van der Waals surface area contributed by atoms with Gasteiger partial charge in [-0.25, -0.2) is 0 Å². The van der Waals surface area contributed by atoms with Crippen LogP contribution in [0.1, 0.15) is 64.2 Å². The van der Waals surface area contributed by atoms with Crippen molar-refractivity contribution in [3.05, 3.63) is 0 Å². The van der Waals surface area contributed by atoms with E-state index in [0.717, 1.165) is 38.5 Å². The molecule has 0 radical (unpaired) electrons. The van der Waals surface area contributed by atoms with Gasteiger partial charge in [0.25, 0.3) is 0 Å². The van der Waals surface area contributed by atoms with Crippen molar-refractivity contribution in [2.45, 2.75) is 76.1 Å². The lowest BCUT2D eigenvalue weighted by atomic mass is 9.92. The molecular formula is C12H22O2. The van der Waals surface area contributed by atoms with Crippen molar-refractivity contribution in [1.82, 2.24) is 0 Å². The van der Waals surface area contributed by atoms with E-state index in [1.54, 1.807) is 0 Å². The molecule has 14 heavy (non-hydrogen) atoms. The van der Waals surface area contributed by atoms with Crippen molar-refractivity contribution < 1.29 is 9.84 Å². The largest absolute Gasteiger partial charge is 0.365 e. The molecule has 0 amide bonds. The lowest BCUT2D eigenvalue weighted by molar-refractivity contribution is -0.249.